The molecular formula is C23H30IN5O2. The van der Waals surface area contributed by atoms with E-state index in [0.717, 1.165) is 35.7 Å². The van der Waals surface area contributed by atoms with Gasteiger partial charge in [0.25, 0.3) is 0 Å². The van der Waals surface area contributed by atoms with Gasteiger partial charge in [0.05, 0.1) is 19.0 Å². The predicted octanol–water partition coefficient (Wildman–Crippen LogP) is 3.84. The molecule has 3 aromatic rings. The fourth-order valence-electron chi connectivity index (χ4n) is 3.15. The van der Waals surface area contributed by atoms with Crippen LogP contribution in [0.25, 0.3) is 5.69 Å². The third-order valence-corrected chi connectivity index (χ3v) is 4.68. The summed E-state index contributed by atoms with van der Waals surface area (Å²) in [4.78, 5) is 6.84. The normalized spacial score (nSPS) is 11.0. The molecule has 1 aromatic heterocycles. The Hall–Kier alpha value is -2.75. The first-order valence-electron chi connectivity index (χ1n) is 10.0. The summed E-state index contributed by atoms with van der Waals surface area (Å²) in [6.07, 6.45) is 4.68. The van der Waals surface area contributed by atoms with E-state index in [2.05, 4.69) is 22.2 Å². The van der Waals surface area contributed by atoms with Gasteiger partial charge in [-0.2, -0.15) is 5.10 Å². The lowest BCUT2D eigenvalue weighted by atomic mass is 10.1. The van der Waals surface area contributed by atoms with Crippen molar-refractivity contribution < 1.29 is 9.84 Å². The van der Waals surface area contributed by atoms with Crippen LogP contribution in [0, 0.1) is 0 Å². The average Bonchev–Trinajstić information content (AvgIpc) is 3.23. The van der Waals surface area contributed by atoms with Crippen LogP contribution in [-0.4, -0.2) is 53.0 Å². The number of rotatable bonds is 8. The summed E-state index contributed by atoms with van der Waals surface area (Å²) < 4.78 is 7.06. The van der Waals surface area contributed by atoms with Crippen molar-refractivity contribution in [2.24, 2.45) is 4.99 Å². The van der Waals surface area contributed by atoms with Gasteiger partial charge in [0.15, 0.2) is 17.5 Å². The van der Waals surface area contributed by atoms with E-state index in [1.165, 1.54) is 0 Å². The monoisotopic (exact) mass is 535 g/mol. The second-order valence-corrected chi connectivity index (χ2v) is 6.98. The van der Waals surface area contributed by atoms with Crippen molar-refractivity contribution >= 4 is 29.9 Å². The number of aliphatic imine (C=N–C) groups is 1. The van der Waals surface area contributed by atoms with E-state index in [1.807, 2.05) is 66.6 Å². The maximum Gasteiger partial charge on any atom is 0.193 e. The molecule has 0 aliphatic carbocycles. The Balaban J connectivity index is 0.00000341. The van der Waals surface area contributed by atoms with Crippen molar-refractivity contribution in [2.45, 2.75) is 19.9 Å². The highest BCUT2D eigenvalue weighted by atomic mass is 127. The molecule has 2 N–H and O–H groups in total. The van der Waals surface area contributed by atoms with Gasteiger partial charge >= 0.3 is 0 Å². The Morgan fingerprint density at radius 1 is 1.19 bits per heavy atom. The van der Waals surface area contributed by atoms with Crippen LogP contribution in [-0.2, 0) is 13.0 Å². The standard InChI is InChI=1S/C23H29N5O2.HI/c1-4-24-23(25-13-12-18-10-11-21(29)22(14-18)30-3)27(2)16-19-15-26-28(17-19)20-8-6-5-7-9-20;/h5-11,14-15,17,29H,4,12-13,16H2,1-3H3,(H,24,25);1H. The zero-order valence-corrected chi connectivity index (χ0v) is 20.5. The molecule has 166 valence electrons. The number of aromatic nitrogens is 2. The van der Waals surface area contributed by atoms with Crippen molar-refractivity contribution in [3.63, 3.8) is 0 Å². The van der Waals surface area contributed by atoms with Crippen LogP contribution >= 0.6 is 24.0 Å². The number of hydrogen-bond acceptors (Lipinski definition) is 4. The molecular weight excluding hydrogens is 505 g/mol. The maximum absolute atomic E-state index is 9.73. The first-order chi connectivity index (χ1) is 14.6. The minimum atomic E-state index is 0. The molecule has 0 spiro atoms. The van der Waals surface area contributed by atoms with E-state index < -0.39 is 0 Å². The Morgan fingerprint density at radius 2 is 1.97 bits per heavy atom. The molecule has 0 bridgehead atoms. The molecule has 0 saturated carbocycles. The summed E-state index contributed by atoms with van der Waals surface area (Å²) in [6, 6.07) is 15.5. The Kier molecular flexibility index (Phi) is 9.64. The molecule has 0 unspecified atom stereocenters. The van der Waals surface area contributed by atoms with E-state index in [0.29, 0.717) is 18.8 Å². The van der Waals surface area contributed by atoms with Gasteiger partial charge in [0.1, 0.15) is 0 Å². The summed E-state index contributed by atoms with van der Waals surface area (Å²) in [7, 11) is 3.57. The minimum Gasteiger partial charge on any atom is -0.504 e. The zero-order valence-electron chi connectivity index (χ0n) is 18.2. The van der Waals surface area contributed by atoms with Crippen LogP contribution in [0.4, 0.5) is 0 Å². The number of ether oxygens (including phenoxy) is 1. The molecule has 0 fully saturated rings. The van der Waals surface area contributed by atoms with Gasteiger partial charge in [-0.15, -0.1) is 24.0 Å². The predicted molar refractivity (Wildman–Crippen MR) is 135 cm³/mol. The third kappa shape index (κ3) is 6.88. The van der Waals surface area contributed by atoms with Crippen molar-refractivity contribution in [3.8, 4) is 17.2 Å². The number of methoxy groups -OCH3 is 1. The number of nitrogens with zero attached hydrogens (tertiary/aromatic N) is 4. The van der Waals surface area contributed by atoms with Gasteiger partial charge in [-0.05, 0) is 43.2 Å². The number of guanidine groups is 1. The molecule has 0 saturated heterocycles. The lowest BCUT2D eigenvalue weighted by Gasteiger charge is -2.21. The lowest BCUT2D eigenvalue weighted by molar-refractivity contribution is 0.373. The van der Waals surface area contributed by atoms with E-state index in [1.54, 1.807) is 13.2 Å². The second-order valence-electron chi connectivity index (χ2n) is 6.98. The summed E-state index contributed by atoms with van der Waals surface area (Å²) >= 11 is 0. The maximum atomic E-state index is 9.73. The first kappa shape index (κ1) is 24.5. The minimum absolute atomic E-state index is 0. The summed E-state index contributed by atoms with van der Waals surface area (Å²) in [5.41, 5.74) is 3.21. The number of hydrogen-bond donors (Lipinski definition) is 2. The van der Waals surface area contributed by atoms with Gasteiger partial charge in [-0.3, -0.25) is 4.99 Å². The number of aromatic hydroxyl groups is 1. The molecule has 0 atom stereocenters. The molecule has 0 amide bonds. The second kappa shape index (κ2) is 12.2. The largest absolute Gasteiger partial charge is 0.504 e. The fourth-order valence-corrected chi connectivity index (χ4v) is 3.15. The van der Waals surface area contributed by atoms with Crippen molar-refractivity contribution in [1.29, 1.82) is 0 Å². The Bertz CT molecular complexity index is 975. The van der Waals surface area contributed by atoms with Crippen LogP contribution in [0.3, 0.4) is 0 Å². The number of benzene rings is 2. The molecule has 1 heterocycles. The van der Waals surface area contributed by atoms with Crippen LogP contribution in [0.2, 0.25) is 0 Å². The lowest BCUT2D eigenvalue weighted by Crippen LogP contribution is -2.38. The van der Waals surface area contributed by atoms with Crippen LogP contribution in [0.15, 0.2) is 65.9 Å². The quantitative estimate of drug-likeness (QED) is 0.261. The molecule has 0 aliphatic rings. The third-order valence-electron chi connectivity index (χ3n) is 4.68. The molecule has 0 aliphatic heterocycles. The highest BCUT2D eigenvalue weighted by Crippen LogP contribution is 2.26. The van der Waals surface area contributed by atoms with E-state index >= 15 is 0 Å². The number of nitrogens with one attached hydrogen (secondary N) is 1. The summed E-state index contributed by atoms with van der Waals surface area (Å²) in [6.45, 7) is 4.18. The van der Waals surface area contributed by atoms with E-state index in [4.69, 9.17) is 9.73 Å². The van der Waals surface area contributed by atoms with Crippen LogP contribution in [0.5, 0.6) is 11.5 Å². The first-order valence-corrected chi connectivity index (χ1v) is 10.0. The Morgan fingerprint density at radius 3 is 2.68 bits per heavy atom. The van der Waals surface area contributed by atoms with Gasteiger partial charge in [-0.1, -0.05) is 24.3 Å². The van der Waals surface area contributed by atoms with Crippen LogP contribution < -0.4 is 10.1 Å². The zero-order chi connectivity index (χ0) is 21.3. The van der Waals surface area contributed by atoms with E-state index in [-0.39, 0.29) is 29.7 Å². The Labute approximate surface area is 200 Å². The van der Waals surface area contributed by atoms with E-state index in [9.17, 15) is 5.11 Å². The molecule has 8 heteroatoms. The molecule has 3 rings (SSSR count). The SMILES string of the molecule is CCNC(=NCCc1ccc(O)c(OC)c1)N(C)Cc1cnn(-c2ccccc2)c1.I. The van der Waals surface area contributed by atoms with Crippen LogP contribution in [0.1, 0.15) is 18.1 Å². The number of phenols is 1. The topological polar surface area (TPSA) is 74.9 Å². The van der Waals surface area contributed by atoms with Gasteiger partial charge in [-0.25, -0.2) is 4.68 Å². The highest BCUT2D eigenvalue weighted by Gasteiger charge is 2.09. The molecule has 0 radical (unpaired) electrons. The molecule has 2 aromatic carbocycles. The number of para-hydroxylation sites is 1. The number of phenolic OH excluding ortho intramolecular Hbond substituents is 1. The van der Waals surface area contributed by atoms with Crippen molar-refractivity contribution in [3.05, 3.63) is 72.1 Å². The smallest absolute Gasteiger partial charge is 0.193 e. The van der Waals surface area contributed by atoms with Gasteiger partial charge in [0.2, 0.25) is 0 Å². The number of halogens is 1. The summed E-state index contributed by atoms with van der Waals surface area (Å²) in [5.74, 6) is 1.47. The fraction of sp³-hybridized carbons (Fsp3) is 0.304. The average molecular weight is 535 g/mol. The van der Waals surface area contributed by atoms with Gasteiger partial charge < -0.3 is 20.1 Å². The molecule has 7 nitrogen and oxygen atoms in total. The summed E-state index contributed by atoms with van der Waals surface area (Å²) in [5, 5.41) is 17.5. The molecule has 31 heavy (non-hydrogen) atoms. The van der Waals surface area contributed by atoms with Gasteiger partial charge in [0, 0.05) is 38.4 Å². The van der Waals surface area contributed by atoms with Crippen molar-refractivity contribution in [2.75, 3.05) is 27.2 Å². The highest BCUT2D eigenvalue weighted by molar-refractivity contribution is 14.0. The van der Waals surface area contributed by atoms with Crippen molar-refractivity contribution in [1.82, 2.24) is 20.0 Å².